The number of hydrogen-bond donors (Lipinski definition) is 0. The van der Waals surface area contributed by atoms with Crippen molar-refractivity contribution in [3.63, 3.8) is 0 Å². The summed E-state index contributed by atoms with van der Waals surface area (Å²) >= 11 is 0. The predicted octanol–water partition coefficient (Wildman–Crippen LogP) is 27.5. The Bertz CT molecular complexity index is 7710. The highest BCUT2D eigenvalue weighted by Crippen LogP contribution is 2.49. The highest BCUT2D eigenvalue weighted by Gasteiger charge is 2.53. The molecule has 0 aliphatic rings. The predicted molar refractivity (Wildman–Crippen MR) is 607 cm³/mol. The summed E-state index contributed by atoms with van der Waals surface area (Å²) < 4.78 is 18.6. The largest absolute Gasteiger partial charge is 0.213 e. The molecule has 0 aliphatic carbocycles. The zero-order chi connectivity index (χ0) is 106. The third kappa shape index (κ3) is 21.9. The Kier molecular flexibility index (Phi) is 32.1. The number of rotatable bonds is 19. The number of pyridine rings is 8. The van der Waals surface area contributed by atoms with E-state index in [0.29, 0.717) is 0 Å². The van der Waals surface area contributed by atoms with Gasteiger partial charge in [-0.25, -0.2) is 27.4 Å². The van der Waals surface area contributed by atoms with Gasteiger partial charge in [-0.15, -0.1) is 0 Å². The van der Waals surface area contributed by atoms with Gasteiger partial charge in [0.25, 0.3) is 0 Å². The number of benzene rings is 9. The van der Waals surface area contributed by atoms with E-state index in [1.165, 1.54) is 235 Å². The molecule has 0 aliphatic heterocycles. The van der Waals surface area contributed by atoms with Crippen LogP contribution in [0.3, 0.4) is 0 Å². The summed E-state index contributed by atoms with van der Waals surface area (Å²) in [7, 11) is 17.5. The van der Waals surface area contributed by atoms with E-state index in [-0.39, 0.29) is 27.1 Å². The van der Waals surface area contributed by atoms with Crippen LogP contribution in [0.5, 0.6) is 0 Å². The quantitative estimate of drug-likeness (QED) is 0.0723. The summed E-state index contributed by atoms with van der Waals surface area (Å²) in [5.74, 6) is 0. The minimum atomic E-state index is -0.540. The SMILES string of the molecule is Cc1cc(-c2cccc(C(C)(c3ccccc3C)c3cc(C)c(C)c[n+]3C)c2C)[n+](C)cc1C.Cc1ccc(-c2cc(C)cc(C(C)(c3ccccc3C)c3cc(C)c(C)c[n+]3C)[n+]2C)c(C)c1.Cc1ccc(-c2cccc(C(c3ccccc3)(c3cc(C)ccc3C)c3cc(C)cc[n+]3C)[n+]2C)c(C)c1.Cc1ccccc1C(C)(c1cccc(-c2cc(CC(C)(C)C)cc[n+]2C)c1C)c1cc(CC(C)(C)C)cc[n+]1C. The molecule has 8 nitrogen and oxygen atoms in total. The molecule has 146 heavy (non-hydrogen) atoms. The van der Waals surface area contributed by atoms with Gasteiger partial charge < -0.3 is 0 Å². The van der Waals surface area contributed by atoms with Crippen molar-refractivity contribution in [1.82, 2.24) is 0 Å². The summed E-state index contributed by atoms with van der Waals surface area (Å²) in [6.45, 7) is 63.2. The second kappa shape index (κ2) is 43.5. The van der Waals surface area contributed by atoms with Gasteiger partial charge in [-0.1, -0.05) is 228 Å². The standard InChI is InChI=1S/C38H50N2.C36H38N2.2C32H38N2/c1-27-15-12-13-17-32(27)38(9,35-24-30(20-22-40(35)11)26-37(6,7)8)33-18-14-16-31(28(33)2)34-23-29(19-21-39(34)10)25-36(3,4)5;1-25-17-19-31(29(5)22-25)33-14-11-15-34(38(33)7)36(30-12-9-8-10-13-30,32-23-26(2)16-18-28(32)4)35-24-27(3)20-21-37(35)6;1-21-13-10-11-15-28(21)32(7,31-18-23(3)25(5)20-34(31)9)29-16-12-14-27(26(29)6)30-17-22(2)24(4)19-33(30)8;1-21-14-15-27(25(5)16-21)29-17-22(2)18-31(34(29)9)32(7,28-13-11-10-12-23(28)3)30-19-24(4)26(6)20-33(30)8/h12-24H,25-26H2,1-11H3;8-24H,1-7H3;2*10-20H,1-9H3/q4*+2. The van der Waals surface area contributed by atoms with Gasteiger partial charge in [0.1, 0.15) is 67.2 Å². The molecule has 9 aromatic carbocycles. The van der Waals surface area contributed by atoms with E-state index in [1.54, 1.807) is 0 Å². The van der Waals surface area contributed by atoms with Crippen LogP contribution in [0.2, 0.25) is 0 Å². The molecule has 17 aromatic rings. The number of aromatic nitrogens is 8. The van der Waals surface area contributed by atoms with Crippen LogP contribution in [-0.2, 0) is 90.9 Å². The molecule has 4 unspecified atom stereocenters. The van der Waals surface area contributed by atoms with Gasteiger partial charge >= 0.3 is 0 Å². The third-order valence-electron chi connectivity index (χ3n) is 31.6. The average Bonchev–Trinajstić information content (AvgIpc) is 0.717. The Labute approximate surface area is 877 Å². The highest BCUT2D eigenvalue weighted by molar-refractivity contribution is 5.71. The van der Waals surface area contributed by atoms with Gasteiger partial charge in [0.15, 0.2) is 59.4 Å². The molecule has 0 saturated carbocycles. The van der Waals surface area contributed by atoms with Crippen LogP contribution in [0.15, 0.2) is 316 Å². The van der Waals surface area contributed by atoms with Crippen LogP contribution >= 0.6 is 0 Å². The van der Waals surface area contributed by atoms with E-state index in [0.717, 1.165) is 12.8 Å². The molecule has 0 saturated heterocycles. The first-order valence-corrected chi connectivity index (χ1v) is 52.5. The summed E-state index contributed by atoms with van der Waals surface area (Å²) in [5.41, 5.74) is 53.5. The molecule has 0 bridgehead atoms. The monoisotopic (exact) mass is 1930 g/mol. The lowest BCUT2D eigenvalue weighted by molar-refractivity contribution is -0.692. The molecule has 0 fully saturated rings. The molecular weight excluding hydrogens is 1770 g/mol. The first-order valence-electron chi connectivity index (χ1n) is 52.5. The van der Waals surface area contributed by atoms with Gasteiger partial charge in [0, 0.05) is 118 Å². The van der Waals surface area contributed by atoms with Crippen LogP contribution in [0, 0.1) is 142 Å². The van der Waals surface area contributed by atoms with E-state index < -0.39 is 5.41 Å². The van der Waals surface area contributed by atoms with Crippen LogP contribution in [0.1, 0.15) is 252 Å². The van der Waals surface area contributed by atoms with E-state index in [2.05, 4.69) is 603 Å². The highest BCUT2D eigenvalue weighted by atomic mass is 15.0. The summed E-state index contributed by atoms with van der Waals surface area (Å²) in [4.78, 5) is 0. The van der Waals surface area contributed by atoms with Gasteiger partial charge in [-0.2, -0.15) is 9.13 Å². The second-order valence-corrected chi connectivity index (χ2v) is 45.7. The lowest BCUT2D eigenvalue weighted by Crippen LogP contribution is -2.52. The topological polar surface area (TPSA) is 31.0 Å². The fourth-order valence-corrected chi connectivity index (χ4v) is 23.6. The average molecular weight is 1930 g/mol. The first-order chi connectivity index (χ1) is 68.9. The molecule has 0 radical (unpaired) electrons. The maximum Gasteiger partial charge on any atom is 0.213 e. The Hall–Kier alpha value is -13.8. The number of hydrogen-bond acceptors (Lipinski definition) is 0. The zero-order valence-electron chi connectivity index (χ0n) is 95.0. The molecule has 0 N–H and O–H groups in total. The molecular formula is C138H164N8+8. The van der Waals surface area contributed by atoms with E-state index in [4.69, 9.17) is 0 Å². The Balaban J connectivity index is 0.000000154. The molecule has 4 atom stereocenters. The molecule has 8 aromatic heterocycles. The van der Waals surface area contributed by atoms with E-state index in [9.17, 15) is 0 Å². The van der Waals surface area contributed by atoms with Crippen molar-refractivity contribution in [2.24, 2.45) is 67.2 Å². The molecule has 748 valence electrons. The number of nitrogens with zero attached hydrogens (tertiary/aromatic N) is 8. The molecule has 0 spiro atoms. The van der Waals surface area contributed by atoms with Gasteiger partial charge in [0.05, 0.1) is 0 Å². The molecule has 8 heteroatoms. The summed E-state index contributed by atoms with van der Waals surface area (Å²) in [6, 6.07) is 104. The van der Waals surface area contributed by atoms with Gasteiger partial charge in [-0.3, -0.25) is 0 Å². The van der Waals surface area contributed by atoms with Crippen molar-refractivity contribution in [1.29, 1.82) is 0 Å². The van der Waals surface area contributed by atoms with Crippen LogP contribution in [-0.4, -0.2) is 0 Å². The normalized spacial score (nSPS) is 13.2. The van der Waals surface area contributed by atoms with Crippen LogP contribution in [0.25, 0.3) is 45.0 Å². The first kappa shape index (κ1) is 108. The van der Waals surface area contributed by atoms with Crippen molar-refractivity contribution < 1.29 is 36.5 Å². The third-order valence-corrected chi connectivity index (χ3v) is 31.6. The lowest BCUT2D eigenvalue weighted by Gasteiger charge is -2.32. The minimum absolute atomic E-state index is 0.221. The minimum Gasteiger partial charge on any atom is -0.204 e. The summed E-state index contributed by atoms with van der Waals surface area (Å²) in [6.07, 6.45) is 15.5. The Morgan fingerprint density at radius 2 is 0.575 bits per heavy atom. The maximum atomic E-state index is 2.45. The smallest absolute Gasteiger partial charge is 0.204 e. The number of aryl methyl sites for hydroxylation is 23. The van der Waals surface area contributed by atoms with Crippen molar-refractivity contribution in [2.45, 2.75) is 228 Å². The van der Waals surface area contributed by atoms with Gasteiger partial charge in [-0.05, 0) is 329 Å². The van der Waals surface area contributed by atoms with Crippen molar-refractivity contribution >= 4 is 0 Å². The molecule has 8 heterocycles. The maximum absolute atomic E-state index is 2.45. The van der Waals surface area contributed by atoms with Crippen molar-refractivity contribution in [3.8, 4) is 45.0 Å². The van der Waals surface area contributed by atoms with Crippen molar-refractivity contribution in [2.75, 3.05) is 0 Å². The Morgan fingerprint density at radius 3 is 1.08 bits per heavy atom. The summed E-state index contributed by atoms with van der Waals surface area (Å²) in [5, 5.41) is 0. The van der Waals surface area contributed by atoms with E-state index >= 15 is 0 Å². The van der Waals surface area contributed by atoms with Gasteiger partial charge in [0.2, 0.25) is 45.6 Å². The zero-order valence-corrected chi connectivity index (χ0v) is 95.0. The molecule has 17 rings (SSSR count). The second-order valence-electron chi connectivity index (χ2n) is 45.7. The fourth-order valence-electron chi connectivity index (χ4n) is 23.6. The fraction of sp³-hybridized carbons (Fsp3) is 0.319. The Morgan fingerprint density at radius 1 is 0.199 bits per heavy atom. The van der Waals surface area contributed by atoms with E-state index in [1.807, 2.05) is 0 Å². The lowest BCUT2D eigenvalue weighted by atomic mass is 9.67. The van der Waals surface area contributed by atoms with Crippen LogP contribution < -0.4 is 36.5 Å². The van der Waals surface area contributed by atoms with Crippen molar-refractivity contribution in [3.05, 3.63) is 506 Å². The van der Waals surface area contributed by atoms with Crippen LogP contribution in [0.4, 0.5) is 0 Å². The molecule has 0 amide bonds.